The van der Waals surface area contributed by atoms with Gasteiger partial charge in [-0.1, -0.05) is 82.2 Å². The molecule has 1 aromatic carbocycles. The van der Waals surface area contributed by atoms with E-state index in [2.05, 4.69) is 17.2 Å². The summed E-state index contributed by atoms with van der Waals surface area (Å²) in [7, 11) is 0. The van der Waals surface area contributed by atoms with Crippen LogP contribution in [0.15, 0.2) is 54.9 Å². The smallest absolute Gasteiger partial charge is 0.251 e. The summed E-state index contributed by atoms with van der Waals surface area (Å²) in [6.07, 6.45) is 14.1. The average Bonchev–Trinajstić information content (AvgIpc) is 3.16. The largest absolute Gasteiger partial charge is 0.352 e. The summed E-state index contributed by atoms with van der Waals surface area (Å²) in [6.45, 7) is 2.98. The highest BCUT2D eigenvalue weighted by atomic mass is 16.1. The second-order valence-corrected chi connectivity index (χ2v) is 7.40. The van der Waals surface area contributed by atoms with Crippen molar-refractivity contribution in [3.8, 4) is 11.3 Å². The van der Waals surface area contributed by atoms with Crippen molar-refractivity contribution in [2.45, 2.75) is 58.3 Å². The predicted molar refractivity (Wildman–Crippen MR) is 116 cm³/mol. The SMILES string of the molecule is CCCCCCCCCCNC(=O)c1ccn2cc(-c3ccccc3)nc2c1. The quantitative estimate of drug-likeness (QED) is 0.425. The normalized spacial score (nSPS) is 11.0. The monoisotopic (exact) mass is 377 g/mol. The highest BCUT2D eigenvalue weighted by Crippen LogP contribution is 2.19. The molecule has 0 radical (unpaired) electrons. The number of hydrogen-bond acceptors (Lipinski definition) is 2. The number of nitrogens with one attached hydrogen (secondary N) is 1. The number of carbonyl (C=O) groups is 1. The first-order valence-electron chi connectivity index (χ1n) is 10.6. The zero-order valence-electron chi connectivity index (χ0n) is 16.9. The first-order valence-corrected chi connectivity index (χ1v) is 10.6. The van der Waals surface area contributed by atoms with Crippen molar-refractivity contribution >= 4 is 11.6 Å². The molecule has 148 valence electrons. The van der Waals surface area contributed by atoms with Crippen LogP contribution in [0.4, 0.5) is 0 Å². The Kier molecular flexibility index (Phi) is 7.65. The molecule has 3 aromatic rings. The van der Waals surface area contributed by atoms with Crippen molar-refractivity contribution in [3.63, 3.8) is 0 Å². The number of nitrogens with zero attached hydrogens (tertiary/aromatic N) is 2. The summed E-state index contributed by atoms with van der Waals surface area (Å²) in [5.74, 6) is -0.0188. The van der Waals surface area contributed by atoms with Gasteiger partial charge >= 0.3 is 0 Å². The second kappa shape index (κ2) is 10.6. The molecule has 3 rings (SSSR count). The van der Waals surface area contributed by atoms with Gasteiger partial charge in [-0.15, -0.1) is 0 Å². The first-order chi connectivity index (χ1) is 13.8. The van der Waals surface area contributed by atoms with E-state index >= 15 is 0 Å². The van der Waals surface area contributed by atoms with Gasteiger partial charge in [0.25, 0.3) is 5.91 Å². The Morgan fingerprint density at radius 2 is 1.68 bits per heavy atom. The maximum Gasteiger partial charge on any atom is 0.251 e. The number of pyridine rings is 1. The minimum atomic E-state index is -0.0188. The summed E-state index contributed by atoms with van der Waals surface area (Å²) in [6, 6.07) is 13.8. The van der Waals surface area contributed by atoms with Crippen LogP contribution in [0.3, 0.4) is 0 Å². The van der Waals surface area contributed by atoms with Gasteiger partial charge in [-0.25, -0.2) is 4.98 Å². The van der Waals surface area contributed by atoms with Crippen LogP contribution in [-0.4, -0.2) is 21.8 Å². The van der Waals surface area contributed by atoms with Gasteiger partial charge in [-0.05, 0) is 18.6 Å². The predicted octanol–water partition coefficient (Wildman–Crippen LogP) is 5.87. The van der Waals surface area contributed by atoms with Gasteiger partial charge < -0.3 is 9.72 Å². The van der Waals surface area contributed by atoms with E-state index in [-0.39, 0.29) is 5.91 Å². The van der Waals surface area contributed by atoms with E-state index in [0.29, 0.717) is 5.56 Å². The average molecular weight is 378 g/mol. The molecule has 0 saturated heterocycles. The molecule has 0 fully saturated rings. The molecule has 4 heteroatoms. The van der Waals surface area contributed by atoms with E-state index in [1.54, 1.807) is 0 Å². The van der Waals surface area contributed by atoms with E-state index in [1.807, 2.05) is 59.3 Å². The lowest BCUT2D eigenvalue weighted by atomic mass is 10.1. The maximum absolute atomic E-state index is 12.4. The number of imidazole rings is 1. The molecule has 2 heterocycles. The van der Waals surface area contributed by atoms with Gasteiger partial charge in [0.2, 0.25) is 0 Å². The molecule has 0 aliphatic rings. The minimum absolute atomic E-state index is 0.0188. The molecule has 0 aliphatic carbocycles. The summed E-state index contributed by atoms with van der Waals surface area (Å²) < 4.78 is 1.96. The lowest BCUT2D eigenvalue weighted by Gasteiger charge is -2.06. The third-order valence-corrected chi connectivity index (χ3v) is 5.11. The van der Waals surface area contributed by atoms with Crippen molar-refractivity contribution in [1.82, 2.24) is 14.7 Å². The molecule has 4 nitrogen and oxygen atoms in total. The number of aromatic nitrogens is 2. The number of hydrogen-bond donors (Lipinski definition) is 1. The summed E-state index contributed by atoms with van der Waals surface area (Å²) >= 11 is 0. The molecule has 0 unspecified atom stereocenters. The lowest BCUT2D eigenvalue weighted by molar-refractivity contribution is 0.0953. The van der Waals surface area contributed by atoms with Gasteiger partial charge in [0.1, 0.15) is 5.65 Å². The van der Waals surface area contributed by atoms with Crippen molar-refractivity contribution in [2.24, 2.45) is 0 Å². The third kappa shape index (κ3) is 5.69. The fraction of sp³-hybridized carbons (Fsp3) is 0.417. The van der Waals surface area contributed by atoms with Gasteiger partial charge in [0.05, 0.1) is 5.69 Å². The molecule has 28 heavy (non-hydrogen) atoms. The van der Waals surface area contributed by atoms with Crippen molar-refractivity contribution in [1.29, 1.82) is 0 Å². The fourth-order valence-corrected chi connectivity index (χ4v) is 3.43. The van der Waals surface area contributed by atoms with Gasteiger partial charge in [0.15, 0.2) is 0 Å². The number of carbonyl (C=O) groups excluding carboxylic acids is 1. The standard InChI is InChI=1S/C24H31N3O/c1-2-3-4-5-6-7-8-12-16-25-24(28)21-15-17-27-19-22(26-23(27)18-21)20-13-10-9-11-14-20/h9-11,13-15,17-19H,2-8,12,16H2,1H3,(H,25,28). The Morgan fingerprint density at radius 1 is 0.964 bits per heavy atom. The number of unbranched alkanes of at least 4 members (excludes halogenated alkanes) is 7. The Morgan fingerprint density at radius 3 is 2.43 bits per heavy atom. The highest BCUT2D eigenvalue weighted by molar-refractivity contribution is 5.95. The molecule has 0 aliphatic heterocycles. The van der Waals surface area contributed by atoms with Crippen LogP contribution in [-0.2, 0) is 0 Å². The van der Waals surface area contributed by atoms with Gasteiger partial charge in [-0.3, -0.25) is 4.79 Å². The van der Waals surface area contributed by atoms with Gasteiger partial charge in [-0.2, -0.15) is 0 Å². The number of rotatable bonds is 11. The number of fused-ring (bicyclic) bond motifs is 1. The summed E-state index contributed by atoms with van der Waals surface area (Å²) in [5.41, 5.74) is 3.44. The molecule has 0 atom stereocenters. The van der Waals surface area contributed by atoms with Crippen LogP contribution in [0, 0.1) is 0 Å². The molecular formula is C24H31N3O. The summed E-state index contributed by atoms with van der Waals surface area (Å²) in [4.78, 5) is 17.1. The fourth-order valence-electron chi connectivity index (χ4n) is 3.43. The Hall–Kier alpha value is -2.62. The third-order valence-electron chi connectivity index (χ3n) is 5.11. The van der Waals surface area contributed by atoms with Gasteiger partial charge in [0, 0.05) is 30.1 Å². The van der Waals surface area contributed by atoms with Crippen molar-refractivity contribution in [2.75, 3.05) is 6.54 Å². The lowest BCUT2D eigenvalue weighted by Crippen LogP contribution is -2.24. The zero-order valence-corrected chi connectivity index (χ0v) is 16.9. The van der Waals surface area contributed by atoms with Crippen molar-refractivity contribution in [3.05, 3.63) is 60.4 Å². The molecule has 1 amide bonds. The Labute approximate surface area is 168 Å². The topological polar surface area (TPSA) is 46.4 Å². The second-order valence-electron chi connectivity index (χ2n) is 7.40. The molecule has 1 N–H and O–H groups in total. The molecule has 0 bridgehead atoms. The summed E-state index contributed by atoms with van der Waals surface area (Å²) in [5, 5.41) is 3.04. The minimum Gasteiger partial charge on any atom is -0.352 e. The number of benzene rings is 1. The van der Waals surface area contributed by atoms with Crippen LogP contribution < -0.4 is 5.32 Å². The van der Waals surface area contributed by atoms with E-state index in [4.69, 9.17) is 0 Å². The van der Waals surface area contributed by atoms with E-state index in [9.17, 15) is 4.79 Å². The highest BCUT2D eigenvalue weighted by Gasteiger charge is 2.09. The van der Waals surface area contributed by atoms with E-state index < -0.39 is 0 Å². The van der Waals surface area contributed by atoms with Crippen LogP contribution >= 0.6 is 0 Å². The first kappa shape index (κ1) is 20.1. The Bertz CT molecular complexity index is 870. The molecule has 2 aromatic heterocycles. The molecular weight excluding hydrogens is 346 g/mol. The van der Waals surface area contributed by atoms with E-state index in [1.165, 1.54) is 44.9 Å². The molecule has 0 saturated carbocycles. The molecule has 0 spiro atoms. The Balaban J connectivity index is 1.46. The van der Waals surface area contributed by atoms with Crippen LogP contribution in [0.1, 0.15) is 68.6 Å². The van der Waals surface area contributed by atoms with Crippen LogP contribution in [0.5, 0.6) is 0 Å². The van der Waals surface area contributed by atoms with Crippen LogP contribution in [0.2, 0.25) is 0 Å². The maximum atomic E-state index is 12.4. The zero-order chi connectivity index (χ0) is 19.6. The van der Waals surface area contributed by atoms with Crippen LogP contribution in [0.25, 0.3) is 16.9 Å². The van der Waals surface area contributed by atoms with E-state index in [0.717, 1.165) is 29.9 Å². The number of amides is 1. The van der Waals surface area contributed by atoms with Crippen molar-refractivity contribution < 1.29 is 4.79 Å².